The monoisotopic (exact) mass is 254 g/mol. The number of carbonyl (C=O) groups excluding carboxylic acids is 1. The number of carbonyl (C=O) groups is 1. The smallest absolute Gasteiger partial charge is 0.225 e. The normalized spacial score (nSPS) is 26.3. The fourth-order valence-electron chi connectivity index (χ4n) is 2.95. The van der Waals surface area contributed by atoms with E-state index in [2.05, 4.69) is 12.2 Å². The highest BCUT2D eigenvalue weighted by Crippen LogP contribution is 2.22. The fraction of sp³-hybridized carbons (Fsp3) is 0.929. The van der Waals surface area contributed by atoms with Crippen LogP contribution in [0.15, 0.2) is 0 Å². The van der Waals surface area contributed by atoms with Crippen LogP contribution in [0, 0.1) is 5.92 Å². The third kappa shape index (κ3) is 3.95. The number of amides is 1. The van der Waals surface area contributed by atoms with Crippen molar-refractivity contribution in [1.29, 1.82) is 0 Å². The standard InChI is InChI=1S/C14H26N2O2/c1-2-3-12-4-7-16(8-5-12)14(17)10-13-11-15-6-9-18-13/h12-13,15H,2-11H2,1H3. The summed E-state index contributed by atoms with van der Waals surface area (Å²) >= 11 is 0. The zero-order valence-corrected chi connectivity index (χ0v) is 11.5. The Labute approximate surface area is 110 Å². The number of nitrogens with zero attached hydrogens (tertiary/aromatic N) is 1. The quantitative estimate of drug-likeness (QED) is 0.824. The molecule has 104 valence electrons. The van der Waals surface area contributed by atoms with E-state index in [1.807, 2.05) is 4.90 Å². The molecule has 0 aromatic carbocycles. The number of ether oxygens (including phenoxy) is 1. The number of piperidine rings is 1. The van der Waals surface area contributed by atoms with Gasteiger partial charge in [0.1, 0.15) is 0 Å². The summed E-state index contributed by atoms with van der Waals surface area (Å²) in [5, 5.41) is 3.27. The summed E-state index contributed by atoms with van der Waals surface area (Å²) in [6.07, 6.45) is 5.58. The Morgan fingerprint density at radius 1 is 1.39 bits per heavy atom. The van der Waals surface area contributed by atoms with E-state index >= 15 is 0 Å². The zero-order valence-electron chi connectivity index (χ0n) is 11.5. The van der Waals surface area contributed by atoms with Gasteiger partial charge in [-0.25, -0.2) is 0 Å². The van der Waals surface area contributed by atoms with Crippen LogP contribution >= 0.6 is 0 Å². The second-order valence-electron chi connectivity index (χ2n) is 5.51. The summed E-state index contributed by atoms with van der Waals surface area (Å²) < 4.78 is 5.59. The fourth-order valence-corrected chi connectivity index (χ4v) is 2.95. The Morgan fingerprint density at radius 3 is 2.78 bits per heavy atom. The number of morpholine rings is 1. The molecule has 2 fully saturated rings. The van der Waals surface area contributed by atoms with Gasteiger partial charge in [-0.2, -0.15) is 0 Å². The second-order valence-corrected chi connectivity index (χ2v) is 5.51. The maximum atomic E-state index is 12.1. The molecular formula is C14H26N2O2. The van der Waals surface area contributed by atoms with Crippen molar-refractivity contribution in [3.63, 3.8) is 0 Å². The van der Waals surface area contributed by atoms with E-state index in [1.165, 1.54) is 25.7 Å². The summed E-state index contributed by atoms with van der Waals surface area (Å²) in [6, 6.07) is 0. The van der Waals surface area contributed by atoms with Crippen molar-refractivity contribution in [1.82, 2.24) is 10.2 Å². The first-order valence-electron chi connectivity index (χ1n) is 7.39. The molecule has 4 nitrogen and oxygen atoms in total. The van der Waals surface area contributed by atoms with Gasteiger partial charge in [-0.3, -0.25) is 4.79 Å². The molecule has 0 aromatic heterocycles. The molecule has 2 rings (SSSR count). The van der Waals surface area contributed by atoms with Gasteiger partial charge in [0.15, 0.2) is 0 Å². The van der Waals surface area contributed by atoms with Gasteiger partial charge in [-0.05, 0) is 18.8 Å². The van der Waals surface area contributed by atoms with Crippen LogP contribution in [0.2, 0.25) is 0 Å². The topological polar surface area (TPSA) is 41.6 Å². The van der Waals surface area contributed by atoms with Crippen molar-refractivity contribution in [3.8, 4) is 0 Å². The lowest BCUT2D eigenvalue weighted by Crippen LogP contribution is -2.44. The van der Waals surface area contributed by atoms with Crippen molar-refractivity contribution in [2.45, 2.75) is 45.1 Å². The molecule has 0 spiro atoms. The van der Waals surface area contributed by atoms with Crippen molar-refractivity contribution in [3.05, 3.63) is 0 Å². The molecule has 0 saturated carbocycles. The lowest BCUT2D eigenvalue weighted by Gasteiger charge is -2.33. The first-order chi connectivity index (χ1) is 8.79. The Morgan fingerprint density at radius 2 is 2.17 bits per heavy atom. The first kappa shape index (κ1) is 13.8. The molecule has 1 amide bonds. The van der Waals surface area contributed by atoms with E-state index < -0.39 is 0 Å². The summed E-state index contributed by atoms with van der Waals surface area (Å²) in [5.74, 6) is 1.12. The van der Waals surface area contributed by atoms with Gasteiger partial charge in [-0.1, -0.05) is 19.8 Å². The summed E-state index contributed by atoms with van der Waals surface area (Å²) in [4.78, 5) is 14.2. The predicted molar refractivity (Wildman–Crippen MR) is 71.4 cm³/mol. The number of rotatable bonds is 4. The molecule has 4 heteroatoms. The van der Waals surface area contributed by atoms with Crippen LogP contribution < -0.4 is 5.32 Å². The highest BCUT2D eigenvalue weighted by Gasteiger charge is 2.25. The lowest BCUT2D eigenvalue weighted by molar-refractivity contribution is -0.136. The summed E-state index contributed by atoms with van der Waals surface area (Å²) in [7, 11) is 0. The minimum atomic E-state index is 0.0830. The van der Waals surface area contributed by atoms with E-state index in [4.69, 9.17) is 4.74 Å². The molecule has 2 saturated heterocycles. The molecule has 18 heavy (non-hydrogen) atoms. The van der Waals surface area contributed by atoms with E-state index in [0.717, 1.165) is 38.7 Å². The van der Waals surface area contributed by atoms with Crippen LogP contribution in [0.1, 0.15) is 39.0 Å². The molecule has 2 aliphatic rings. The van der Waals surface area contributed by atoms with Crippen molar-refractivity contribution in [2.24, 2.45) is 5.92 Å². The van der Waals surface area contributed by atoms with E-state index in [1.54, 1.807) is 0 Å². The van der Waals surface area contributed by atoms with Crippen LogP contribution in [0.5, 0.6) is 0 Å². The average molecular weight is 254 g/mol. The molecule has 0 aliphatic carbocycles. The third-order valence-electron chi connectivity index (χ3n) is 4.07. The van der Waals surface area contributed by atoms with E-state index in [-0.39, 0.29) is 12.0 Å². The van der Waals surface area contributed by atoms with Crippen LogP contribution in [-0.2, 0) is 9.53 Å². The van der Waals surface area contributed by atoms with Gasteiger partial charge >= 0.3 is 0 Å². The van der Waals surface area contributed by atoms with Gasteiger partial charge < -0.3 is 15.0 Å². The van der Waals surface area contributed by atoms with E-state index in [9.17, 15) is 4.79 Å². The Kier molecular flexibility index (Phi) is 5.45. The number of hydrogen-bond acceptors (Lipinski definition) is 3. The molecule has 1 N–H and O–H groups in total. The van der Waals surface area contributed by atoms with Gasteiger partial charge in [0.25, 0.3) is 0 Å². The number of likely N-dealkylation sites (tertiary alicyclic amines) is 1. The van der Waals surface area contributed by atoms with Crippen molar-refractivity contribution >= 4 is 5.91 Å². The highest BCUT2D eigenvalue weighted by atomic mass is 16.5. The summed E-state index contributed by atoms with van der Waals surface area (Å²) in [5.41, 5.74) is 0. The van der Waals surface area contributed by atoms with Crippen LogP contribution in [0.3, 0.4) is 0 Å². The minimum absolute atomic E-state index is 0.0830. The first-order valence-corrected chi connectivity index (χ1v) is 7.39. The van der Waals surface area contributed by atoms with Gasteiger partial charge in [0.2, 0.25) is 5.91 Å². The Balaban J connectivity index is 1.70. The molecule has 0 radical (unpaired) electrons. The van der Waals surface area contributed by atoms with E-state index in [0.29, 0.717) is 6.42 Å². The largest absolute Gasteiger partial charge is 0.375 e. The molecule has 0 bridgehead atoms. The molecule has 1 unspecified atom stereocenters. The lowest BCUT2D eigenvalue weighted by atomic mass is 9.92. The number of hydrogen-bond donors (Lipinski definition) is 1. The molecule has 1 atom stereocenters. The minimum Gasteiger partial charge on any atom is -0.375 e. The highest BCUT2D eigenvalue weighted by molar-refractivity contribution is 5.76. The van der Waals surface area contributed by atoms with Crippen LogP contribution in [0.25, 0.3) is 0 Å². The van der Waals surface area contributed by atoms with Gasteiger partial charge in [0.05, 0.1) is 19.1 Å². The second kappa shape index (κ2) is 7.10. The summed E-state index contributed by atoms with van der Waals surface area (Å²) in [6.45, 7) is 6.60. The maximum absolute atomic E-state index is 12.1. The molecule has 2 aliphatic heterocycles. The SMILES string of the molecule is CCCC1CCN(C(=O)CC2CNCCO2)CC1. The Hall–Kier alpha value is -0.610. The van der Waals surface area contributed by atoms with Crippen molar-refractivity contribution in [2.75, 3.05) is 32.8 Å². The van der Waals surface area contributed by atoms with Crippen molar-refractivity contribution < 1.29 is 9.53 Å². The molecule has 0 aromatic rings. The Bertz CT molecular complexity index is 257. The van der Waals surface area contributed by atoms with Crippen LogP contribution in [0.4, 0.5) is 0 Å². The number of nitrogens with one attached hydrogen (secondary N) is 1. The molecule has 2 heterocycles. The van der Waals surface area contributed by atoms with Crippen LogP contribution in [-0.4, -0.2) is 49.7 Å². The molecular weight excluding hydrogens is 228 g/mol. The third-order valence-corrected chi connectivity index (χ3v) is 4.07. The predicted octanol–water partition coefficient (Wildman–Crippen LogP) is 1.40. The average Bonchev–Trinajstić information content (AvgIpc) is 2.41. The maximum Gasteiger partial charge on any atom is 0.225 e. The zero-order chi connectivity index (χ0) is 12.8. The van der Waals surface area contributed by atoms with Gasteiger partial charge in [0, 0.05) is 26.2 Å². The van der Waals surface area contributed by atoms with Gasteiger partial charge in [-0.15, -0.1) is 0 Å².